The Balaban J connectivity index is 1.32. The van der Waals surface area contributed by atoms with Gasteiger partial charge in [-0.3, -0.25) is 0 Å². The predicted molar refractivity (Wildman–Crippen MR) is 129 cm³/mol. The van der Waals surface area contributed by atoms with E-state index in [4.69, 9.17) is 26.1 Å². The first-order valence-corrected chi connectivity index (χ1v) is 12.0. The first-order chi connectivity index (χ1) is 16.3. The number of nitrogens with zero attached hydrogens (tertiary/aromatic N) is 5. The number of amides is 1. The molecule has 10 heteroatoms. The van der Waals surface area contributed by atoms with E-state index in [0.717, 1.165) is 42.7 Å². The largest absolute Gasteiger partial charge is 0.444 e. The van der Waals surface area contributed by atoms with Crippen molar-refractivity contribution in [1.29, 1.82) is 0 Å². The van der Waals surface area contributed by atoms with Gasteiger partial charge in [-0.25, -0.2) is 19.3 Å². The minimum Gasteiger partial charge on any atom is -0.444 e. The molecule has 0 unspecified atom stereocenters. The number of anilines is 1. The molecule has 3 aromatic heterocycles. The molecule has 0 radical (unpaired) electrons. The van der Waals surface area contributed by atoms with Crippen molar-refractivity contribution in [1.82, 2.24) is 24.5 Å². The fraction of sp³-hybridized carbons (Fsp3) is 0.500. The van der Waals surface area contributed by atoms with Gasteiger partial charge in [0.25, 0.3) is 0 Å². The van der Waals surface area contributed by atoms with E-state index in [2.05, 4.69) is 21.5 Å². The van der Waals surface area contributed by atoms with Gasteiger partial charge in [0.05, 0.1) is 28.6 Å². The summed E-state index contributed by atoms with van der Waals surface area (Å²) in [5.41, 5.74) is 3.03. The molecule has 1 N–H and O–H groups in total. The van der Waals surface area contributed by atoms with Gasteiger partial charge in [-0.15, -0.1) is 0 Å². The number of carbonyl (C=O) groups is 1. The summed E-state index contributed by atoms with van der Waals surface area (Å²) in [5.74, 6) is 0.807. The van der Waals surface area contributed by atoms with E-state index in [1.807, 2.05) is 37.5 Å². The van der Waals surface area contributed by atoms with E-state index in [9.17, 15) is 4.79 Å². The van der Waals surface area contributed by atoms with Crippen LogP contribution in [0.5, 0.6) is 0 Å². The lowest BCUT2D eigenvalue weighted by atomic mass is 9.93. The number of fused-ring (bicyclic) bond motifs is 1. The Hall–Kier alpha value is -2.91. The molecule has 180 valence electrons. The highest BCUT2D eigenvalue weighted by Crippen LogP contribution is 2.33. The molecular weight excluding hydrogens is 456 g/mol. The van der Waals surface area contributed by atoms with Crippen LogP contribution in [-0.4, -0.2) is 68.5 Å². The molecular formula is C24H29ClN6O3. The number of hydrogen-bond acceptors (Lipinski definition) is 7. The second kappa shape index (κ2) is 9.03. The predicted octanol–water partition coefficient (Wildman–Crippen LogP) is 4.37. The zero-order valence-electron chi connectivity index (χ0n) is 19.6. The average Bonchev–Trinajstić information content (AvgIpc) is 3.17. The number of aromatic nitrogens is 4. The summed E-state index contributed by atoms with van der Waals surface area (Å²) in [5, 5.41) is 8.41. The smallest absolute Gasteiger partial charge is 0.410 e. The monoisotopic (exact) mass is 484 g/mol. The molecule has 9 nitrogen and oxygen atoms in total. The van der Waals surface area contributed by atoms with Crippen LogP contribution in [0.4, 0.5) is 10.7 Å². The van der Waals surface area contributed by atoms with Crippen LogP contribution in [0.25, 0.3) is 16.8 Å². The third-order valence-electron chi connectivity index (χ3n) is 6.10. The Labute approximate surface area is 203 Å². The molecule has 2 aliphatic heterocycles. The highest BCUT2D eigenvalue weighted by molar-refractivity contribution is 6.33. The molecule has 1 amide bonds. The maximum atomic E-state index is 12.2. The number of likely N-dealkylation sites (tertiary alicyclic amines) is 1. The van der Waals surface area contributed by atoms with Crippen LogP contribution in [0.3, 0.4) is 0 Å². The first-order valence-electron chi connectivity index (χ1n) is 11.6. The fourth-order valence-corrected chi connectivity index (χ4v) is 4.43. The number of hydrogen-bond donors (Lipinski definition) is 1. The quantitative estimate of drug-likeness (QED) is 0.587. The molecule has 5 heterocycles. The summed E-state index contributed by atoms with van der Waals surface area (Å²) in [4.78, 5) is 23.0. The number of halogens is 1. The van der Waals surface area contributed by atoms with Crippen molar-refractivity contribution in [2.75, 3.05) is 31.6 Å². The van der Waals surface area contributed by atoms with E-state index < -0.39 is 5.60 Å². The van der Waals surface area contributed by atoms with Crippen LogP contribution in [0, 0.1) is 0 Å². The Kier molecular flexibility index (Phi) is 6.07. The minimum absolute atomic E-state index is 0.252. The molecule has 0 atom stereocenters. The molecule has 2 aliphatic rings. The van der Waals surface area contributed by atoms with Crippen LogP contribution in [0.15, 0.2) is 30.7 Å². The molecule has 0 bridgehead atoms. The molecule has 2 saturated heterocycles. The van der Waals surface area contributed by atoms with Crippen molar-refractivity contribution < 1.29 is 14.3 Å². The molecule has 0 aliphatic carbocycles. The van der Waals surface area contributed by atoms with Gasteiger partial charge >= 0.3 is 6.09 Å². The standard InChI is InChI=1S/C24H29ClN6O3/c1-24(2,3)34-23(32)30-12-16(13-30)15-4-5-20-18(10-27-31(20)14-15)21-19(25)11-26-22(29-21)28-17-6-8-33-9-7-17/h4-5,10-11,14,16-17H,6-9,12-13H2,1-3H3,(H,26,28,29). The molecule has 0 aromatic carbocycles. The Morgan fingerprint density at radius 2 is 1.97 bits per heavy atom. The van der Waals surface area contributed by atoms with Gasteiger partial charge in [0.15, 0.2) is 0 Å². The van der Waals surface area contributed by atoms with E-state index in [0.29, 0.717) is 29.8 Å². The van der Waals surface area contributed by atoms with Gasteiger partial charge in [-0.05, 0) is 45.2 Å². The van der Waals surface area contributed by atoms with Crippen molar-refractivity contribution in [2.45, 2.75) is 51.2 Å². The molecule has 0 saturated carbocycles. The Morgan fingerprint density at radius 3 is 2.71 bits per heavy atom. The van der Waals surface area contributed by atoms with Gasteiger partial charge in [0, 0.05) is 50.0 Å². The normalized spacial score (nSPS) is 17.6. The maximum absolute atomic E-state index is 12.2. The number of carbonyl (C=O) groups excluding carboxylic acids is 1. The van der Waals surface area contributed by atoms with Crippen molar-refractivity contribution in [3.05, 3.63) is 41.3 Å². The van der Waals surface area contributed by atoms with Crippen LogP contribution >= 0.6 is 11.6 Å². The highest BCUT2D eigenvalue weighted by Gasteiger charge is 2.34. The van der Waals surface area contributed by atoms with Crippen molar-refractivity contribution in [3.8, 4) is 11.3 Å². The second-order valence-corrected chi connectivity index (χ2v) is 10.3. The third kappa shape index (κ3) is 4.81. The van der Waals surface area contributed by atoms with E-state index in [1.54, 1.807) is 17.3 Å². The number of nitrogens with one attached hydrogen (secondary N) is 1. The van der Waals surface area contributed by atoms with Gasteiger partial charge in [0.2, 0.25) is 5.95 Å². The van der Waals surface area contributed by atoms with Crippen LogP contribution in [0.2, 0.25) is 5.02 Å². The van der Waals surface area contributed by atoms with Crippen LogP contribution in [-0.2, 0) is 9.47 Å². The lowest BCUT2D eigenvalue weighted by Crippen LogP contribution is -2.50. The fourth-order valence-electron chi connectivity index (χ4n) is 4.24. The highest BCUT2D eigenvalue weighted by atomic mass is 35.5. The summed E-state index contributed by atoms with van der Waals surface area (Å²) in [7, 11) is 0. The summed E-state index contributed by atoms with van der Waals surface area (Å²) < 4.78 is 12.7. The summed E-state index contributed by atoms with van der Waals surface area (Å²) in [6.45, 7) is 8.37. The van der Waals surface area contributed by atoms with Crippen molar-refractivity contribution >= 4 is 29.2 Å². The van der Waals surface area contributed by atoms with Crippen molar-refractivity contribution in [2.24, 2.45) is 0 Å². The summed E-state index contributed by atoms with van der Waals surface area (Å²) >= 11 is 6.48. The average molecular weight is 485 g/mol. The second-order valence-electron chi connectivity index (χ2n) is 9.85. The zero-order chi connectivity index (χ0) is 23.9. The summed E-state index contributed by atoms with van der Waals surface area (Å²) in [6, 6.07) is 4.39. The third-order valence-corrected chi connectivity index (χ3v) is 6.37. The van der Waals surface area contributed by atoms with Crippen LogP contribution in [0.1, 0.15) is 45.1 Å². The molecule has 5 rings (SSSR count). The van der Waals surface area contributed by atoms with Gasteiger partial charge < -0.3 is 19.7 Å². The number of pyridine rings is 1. The lowest BCUT2D eigenvalue weighted by Gasteiger charge is -2.40. The van der Waals surface area contributed by atoms with Crippen LogP contribution < -0.4 is 5.32 Å². The van der Waals surface area contributed by atoms with Gasteiger partial charge in [0.1, 0.15) is 5.60 Å². The summed E-state index contributed by atoms with van der Waals surface area (Å²) in [6.07, 6.45) is 6.99. The van der Waals surface area contributed by atoms with E-state index in [1.165, 1.54) is 0 Å². The van der Waals surface area contributed by atoms with E-state index >= 15 is 0 Å². The molecule has 0 spiro atoms. The lowest BCUT2D eigenvalue weighted by molar-refractivity contribution is 0.00816. The maximum Gasteiger partial charge on any atom is 0.410 e. The Bertz CT molecular complexity index is 1200. The zero-order valence-corrected chi connectivity index (χ0v) is 20.4. The SMILES string of the molecule is CC(C)(C)OC(=O)N1CC(c2ccc3c(-c4nc(NC5CCOCC5)ncc4Cl)cnn3c2)C1. The first kappa shape index (κ1) is 22.9. The minimum atomic E-state index is -0.491. The number of ether oxygens (including phenoxy) is 2. The molecule has 3 aromatic rings. The number of rotatable bonds is 4. The topological polar surface area (TPSA) is 93.9 Å². The van der Waals surface area contributed by atoms with E-state index in [-0.39, 0.29) is 18.1 Å². The molecule has 2 fully saturated rings. The van der Waals surface area contributed by atoms with Gasteiger partial charge in [-0.2, -0.15) is 5.10 Å². The van der Waals surface area contributed by atoms with Crippen molar-refractivity contribution in [3.63, 3.8) is 0 Å². The molecule has 34 heavy (non-hydrogen) atoms. The van der Waals surface area contributed by atoms with Gasteiger partial charge in [-0.1, -0.05) is 17.7 Å². The Morgan fingerprint density at radius 1 is 1.21 bits per heavy atom.